The minimum absolute atomic E-state index is 0.228. The minimum atomic E-state index is -4.01. The molecule has 1 N–H and O–H groups in total. The van der Waals surface area contributed by atoms with Crippen LogP contribution in [0.1, 0.15) is 39.5 Å². The van der Waals surface area contributed by atoms with Gasteiger partial charge in [-0.1, -0.05) is 20.3 Å². The van der Waals surface area contributed by atoms with Gasteiger partial charge in [0.2, 0.25) is 0 Å². The summed E-state index contributed by atoms with van der Waals surface area (Å²) < 4.78 is 36.3. The van der Waals surface area contributed by atoms with Crippen molar-refractivity contribution in [3.8, 4) is 0 Å². The molecule has 0 bridgehead atoms. The highest BCUT2D eigenvalue weighted by atomic mass is 19.4. The third-order valence-electron chi connectivity index (χ3n) is 3.74. The van der Waals surface area contributed by atoms with E-state index in [1.54, 1.807) is 0 Å². The van der Waals surface area contributed by atoms with Gasteiger partial charge in [-0.2, -0.15) is 13.2 Å². The lowest BCUT2D eigenvalue weighted by Gasteiger charge is -2.38. The molecule has 0 aromatic heterocycles. The molecule has 0 saturated carbocycles. The molecule has 2 unspecified atom stereocenters. The lowest BCUT2D eigenvalue weighted by atomic mass is 9.89. The number of nitrogens with one attached hydrogen (secondary N) is 1. The first-order valence-corrected chi connectivity index (χ1v) is 6.98. The Labute approximate surface area is 108 Å². The van der Waals surface area contributed by atoms with E-state index in [1.807, 2.05) is 0 Å². The van der Waals surface area contributed by atoms with Gasteiger partial charge in [-0.25, -0.2) is 0 Å². The lowest BCUT2D eigenvalue weighted by Crippen LogP contribution is -2.49. The Balaban J connectivity index is 2.29. The van der Waals surface area contributed by atoms with Crippen LogP contribution in [0.2, 0.25) is 0 Å². The Morgan fingerprint density at radius 3 is 2.56 bits per heavy atom. The van der Waals surface area contributed by atoms with Crippen molar-refractivity contribution in [1.82, 2.24) is 10.2 Å². The highest BCUT2D eigenvalue weighted by Gasteiger charge is 2.29. The van der Waals surface area contributed by atoms with Crippen molar-refractivity contribution in [2.24, 2.45) is 5.92 Å². The Morgan fingerprint density at radius 1 is 1.28 bits per heavy atom. The molecule has 0 aromatic carbocycles. The summed E-state index contributed by atoms with van der Waals surface area (Å²) in [6.07, 6.45) is -2.29. The second kappa shape index (κ2) is 7.34. The fourth-order valence-electron chi connectivity index (χ4n) is 2.76. The fourth-order valence-corrected chi connectivity index (χ4v) is 2.76. The smallest absolute Gasteiger partial charge is 0.314 e. The Kier molecular flexibility index (Phi) is 6.43. The van der Waals surface area contributed by atoms with Crippen LogP contribution in [0, 0.1) is 5.92 Å². The van der Waals surface area contributed by atoms with Gasteiger partial charge in [-0.05, 0) is 38.4 Å². The molecule has 2 atom stereocenters. The average Bonchev–Trinajstić information content (AvgIpc) is 2.29. The topological polar surface area (TPSA) is 15.3 Å². The zero-order chi connectivity index (χ0) is 13.6. The summed E-state index contributed by atoms with van der Waals surface area (Å²) in [6, 6.07) is 0.541. The number of likely N-dealkylation sites (tertiary alicyclic amines) is 1. The molecule has 1 aliphatic heterocycles. The average molecular weight is 266 g/mol. The number of piperidine rings is 1. The molecule has 0 aliphatic carbocycles. The zero-order valence-electron chi connectivity index (χ0n) is 11.4. The summed E-state index contributed by atoms with van der Waals surface area (Å²) in [7, 11) is 0. The van der Waals surface area contributed by atoms with Crippen LogP contribution < -0.4 is 5.32 Å². The number of halogens is 3. The van der Waals surface area contributed by atoms with Crippen LogP contribution in [-0.4, -0.2) is 43.3 Å². The minimum Gasteiger partial charge on any atom is -0.314 e. The first-order valence-electron chi connectivity index (χ1n) is 6.98. The second-order valence-corrected chi connectivity index (χ2v) is 5.14. The largest absolute Gasteiger partial charge is 0.389 e. The van der Waals surface area contributed by atoms with E-state index in [1.165, 1.54) is 0 Å². The summed E-state index contributed by atoms with van der Waals surface area (Å²) in [5, 5.41) is 3.48. The maximum absolute atomic E-state index is 12.1. The summed E-state index contributed by atoms with van der Waals surface area (Å²) in [5.74, 6) is 0.574. The van der Waals surface area contributed by atoms with E-state index in [0.717, 1.165) is 32.5 Å². The number of hydrogen-bond acceptors (Lipinski definition) is 2. The Bertz CT molecular complexity index is 231. The number of hydrogen-bond donors (Lipinski definition) is 1. The molecule has 108 valence electrons. The highest BCUT2D eigenvalue weighted by molar-refractivity contribution is 4.84. The van der Waals surface area contributed by atoms with Crippen molar-refractivity contribution in [1.29, 1.82) is 0 Å². The second-order valence-electron chi connectivity index (χ2n) is 5.14. The van der Waals surface area contributed by atoms with Crippen molar-refractivity contribution in [2.45, 2.75) is 51.7 Å². The van der Waals surface area contributed by atoms with Gasteiger partial charge in [0.15, 0.2) is 0 Å². The predicted octanol–water partition coefficient (Wildman–Crippen LogP) is 3.04. The zero-order valence-corrected chi connectivity index (χ0v) is 11.4. The molecular weight excluding hydrogens is 241 g/mol. The van der Waals surface area contributed by atoms with Crippen LogP contribution in [-0.2, 0) is 0 Å². The van der Waals surface area contributed by atoms with Crippen LogP contribution in [0.4, 0.5) is 13.2 Å². The molecule has 1 fully saturated rings. The van der Waals surface area contributed by atoms with Crippen LogP contribution in [0.3, 0.4) is 0 Å². The molecule has 0 aromatic rings. The lowest BCUT2D eigenvalue weighted by molar-refractivity contribution is -0.136. The van der Waals surface area contributed by atoms with Crippen molar-refractivity contribution < 1.29 is 13.2 Å². The number of rotatable bonds is 6. The van der Waals surface area contributed by atoms with Gasteiger partial charge >= 0.3 is 6.18 Å². The van der Waals surface area contributed by atoms with Crippen molar-refractivity contribution in [3.05, 3.63) is 0 Å². The Hall–Kier alpha value is -0.290. The molecule has 0 spiro atoms. The molecular formula is C13H25F3N2. The predicted molar refractivity (Wildman–Crippen MR) is 67.6 cm³/mol. The van der Waals surface area contributed by atoms with E-state index in [0.29, 0.717) is 18.5 Å². The maximum Gasteiger partial charge on any atom is 0.389 e. The van der Waals surface area contributed by atoms with Crippen LogP contribution in [0.25, 0.3) is 0 Å². The number of nitrogens with zero attached hydrogens (tertiary/aromatic N) is 1. The molecule has 1 aliphatic rings. The maximum atomic E-state index is 12.1. The normalized spacial score (nSPS) is 26.5. The monoisotopic (exact) mass is 266 g/mol. The Morgan fingerprint density at radius 2 is 2.00 bits per heavy atom. The van der Waals surface area contributed by atoms with Gasteiger partial charge < -0.3 is 10.2 Å². The van der Waals surface area contributed by atoms with Crippen LogP contribution >= 0.6 is 0 Å². The van der Waals surface area contributed by atoms with E-state index in [2.05, 4.69) is 24.1 Å². The van der Waals surface area contributed by atoms with Crippen molar-refractivity contribution >= 4 is 0 Å². The molecule has 0 radical (unpaired) electrons. The SMILES string of the molecule is CCNC1CCN(CCCC(F)(F)F)CC1CC. The molecule has 5 heteroatoms. The van der Waals surface area contributed by atoms with Crippen molar-refractivity contribution in [3.63, 3.8) is 0 Å². The van der Waals surface area contributed by atoms with Gasteiger partial charge in [0.1, 0.15) is 0 Å². The number of alkyl halides is 3. The van der Waals surface area contributed by atoms with Gasteiger partial charge in [0, 0.05) is 19.0 Å². The standard InChI is InChI=1S/C13H25F3N2/c1-3-11-10-18(8-5-7-13(14,15)16)9-6-12(11)17-4-2/h11-12,17H,3-10H2,1-2H3. The molecule has 1 saturated heterocycles. The quantitative estimate of drug-likeness (QED) is 0.795. The van der Waals surface area contributed by atoms with E-state index in [-0.39, 0.29) is 6.42 Å². The molecule has 0 amide bonds. The third kappa shape index (κ3) is 5.57. The van der Waals surface area contributed by atoms with Crippen LogP contribution in [0.15, 0.2) is 0 Å². The van der Waals surface area contributed by atoms with E-state index in [9.17, 15) is 13.2 Å². The van der Waals surface area contributed by atoms with E-state index in [4.69, 9.17) is 0 Å². The first-order chi connectivity index (χ1) is 8.46. The summed E-state index contributed by atoms with van der Waals surface area (Å²) in [4.78, 5) is 2.19. The summed E-state index contributed by atoms with van der Waals surface area (Å²) >= 11 is 0. The molecule has 18 heavy (non-hydrogen) atoms. The molecule has 1 rings (SSSR count). The molecule has 1 heterocycles. The van der Waals surface area contributed by atoms with Gasteiger partial charge in [0.25, 0.3) is 0 Å². The highest BCUT2D eigenvalue weighted by Crippen LogP contribution is 2.24. The van der Waals surface area contributed by atoms with Crippen LogP contribution in [0.5, 0.6) is 0 Å². The van der Waals surface area contributed by atoms with Crippen molar-refractivity contribution in [2.75, 3.05) is 26.2 Å². The van der Waals surface area contributed by atoms with Gasteiger partial charge in [0.05, 0.1) is 0 Å². The molecule has 2 nitrogen and oxygen atoms in total. The summed E-state index contributed by atoms with van der Waals surface area (Å²) in [6.45, 7) is 7.67. The van der Waals surface area contributed by atoms with Gasteiger partial charge in [-0.15, -0.1) is 0 Å². The summed E-state index contributed by atoms with van der Waals surface area (Å²) in [5.41, 5.74) is 0. The van der Waals surface area contributed by atoms with Gasteiger partial charge in [-0.3, -0.25) is 0 Å². The first kappa shape index (κ1) is 15.8. The third-order valence-corrected chi connectivity index (χ3v) is 3.74. The van der Waals surface area contributed by atoms with E-state index >= 15 is 0 Å². The fraction of sp³-hybridized carbons (Fsp3) is 1.00. The van der Waals surface area contributed by atoms with E-state index < -0.39 is 12.6 Å².